The van der Waals surface area contributed by atoms with Gasteiger partial charge in [-0.1, -0.05) is 6.07 Å². The van der Waals surface area contributed by atoms with Crippen LogP contribution in [0.5, 0.6) is 28.7 Å². The molecule has 0 heterocycles. The predicted octanol–water partition coefficient (Wildman–Crippen LogP) is 3.13. The summed E-state index contributed by atoms with van der Waals surface area (Å²) >= 11 is 0. The molecule has 0 saturated heterocycles. The van der Waals surface area contributed by atoms with Crippen LogP contribution in [0.1, 0.15) is 16.7 Å². The van der Waals surface area contributed by atoms with Gasteiger partial charge in [0.15, 0.2) is 0 Å². The molecule has 0 radical (unpaired) electrons. The van der Waals surface area contributed by atoms with Gasteiger partial charge in [0, 0.05) is 23.3 Å². The van der Waals surface area contributed by atoms with Gasteiger partial charge in [0.1, 0.15) is 28.7 Å². The monoisotopic (exact) mass is 292 g/mol. The fourth-order valence-corrected chi connectivity index (χ4v) is 1.68. The Morgan fingerprint density at radius 1 is 0.810 bits per heavy atom. The summed E-state index contributed by atoms with van der Waals surface area (Å²) in [4.78, 5) is 0. The molecule has 4 N–H and O–H groups in total. The van der Waals surface area contributed by atoms with Crippen LogP contribution in [-0.4, -0.2) is 27.5 Å². The molecule has 5 heteroatoms. The first-order valence-corrected chi connectivity index (χ1v) is 6.32. The molecule has 21 heavy (non-hydrogen) atoms. The third kappa shape index (κ3) is 3.95. The maximum Gasteiger partial charge on any atom is 0.128 e. The Hall–Kier alpha value is -2.56. The molecule has 0 atom stereocenters. The summed E-state index contributed by atoms with van der Waals surface area (Å²) < 4.78 is 4.97. The molecule has 0 unspecified atom stereocenters. The highest BCUT2D eigenvalue weighted by Crippen LogP contribution is 2.35. The SMILES string of the molecule is COc1cc(O)ccc1C.Cc1c(O)cc(O)c(C)c1O. The zero-order chi connectivity index (χ0) is 16.2. The molecule has 2 rings (SSSR count). The second-order valence-corrected chi connectivity index (χ2v) is 4.67. The second-order valence-electron chi connectivity index (χ2n) is 4.67. The van der Waals surface area contributed by atoms with Crippen LogP contribution in [0.15, 0.2) is 24.3 Å². The Labute approximate surface area is 123 Å². The molecule has 0 spiro atoms. The summed E-state index contributed by atoms with van der Waals surface area (Å²) in [6.45, 7) is 5.09. The van der Waals surface area contributed by atoms with Crippen molar-refractivity contribution in [1.29, 1.82) is 0 Å². The fraction of sp³-hybridized carbons (Fsp3) is 0.250. The third-order valence-corrected chi connectivity index (χ3v) is 3.14. The number of hydrogen-bond donors (Lipinski definition) is 4. The topological polar surface area (TPSA) is 90.2 Å². The van der Waals surface area contributed by atoms with E-state index >= 15 is 0 Å². The van der Waals surface area contributed by atoms with E-state index in [1.54, 1.807) is 33.1 Å². The number of ether oxygens (including phenoxy) is 1. The number of aryl methyl sites for hydroxylation is 1. The van der Waals surface area contributed by atoms with E-state index in [0.29, 0.717) is 11.1 Å². The van der Waals surface area contributed by atoms with E-state index in [4.69, 9.17) is 20.1 Å². The van der Waals surface area contributed by atoms with Crippen molar-refractivity contribution in [3.63, 3.8) is 0 Å². The molecular formula is C16H20O5. The molecule has 0 aromatic heterocycles. The van der Waals surface area contributed by atoms with Gasteiger partial charge in [-0.3, -0.25) is 0 Å². The van der Waals surface area contributed by atoms with Gasteiger partial charge in [0.05, 0.1) is 7.11 Å². The second kappa shape index (κ2) is 6.74. The zero-order valence-electron chi connectivity index (χ0n) is 12.5. The lowest BCUT2D eigenvalue weighted by Crippen LogP contribution is -1.85. The lowest BCUT2D eigenvalue weighted by molar-refractivity contribution is 0.404. The Bertz CT molecular complexity index is 609. The highest BCUT2D eigenvalue weighted by atomic mass is 16.5. The summed E-state index contributed by atoms with van der Waals surface area (Å²) in [5.41, 5.74) is 1.81. The maximum absolute atomic E-state index is 9.25. The predicted molar refractivity (Wildman–Crippen MR) is 80.3 cm³/mol. The molecule has 2 aromatic rings. The molecule has 0 fully saturated rings. The molecular weight excluding hydrogens is 272 g/mol. The first-order chi connectivity index (χ1) is 9.77. The molecule has 0 amide bonds. The Morgan fingerprint density at radius 2 is 1.33 bits per heavy atom. The smallest absolute Gasteiger partial charge is 0.128 e. The van der Waals surface area contributed by atoms with Crippen LogP contribution in [-0.2, 0) is 0 Å². The average molecular weight is 292 g/mol. The number of aromatic hydroxyl groups is 4. The Kier molecular flexibility index (Phi) is 5.30. The van der Waals surface area contributed by atoms with E-state index in [1.807, 2.05) is 13.0 Å². The minimum atomic E-state index is -0.0920. The third-order valence-electron chi connectivity index (χ3n) is 3.14. The van der Waals surface area contributed by atoms with Crippen molar-refractivity contribution in [2.75, 3.05) is 7.11 Å². The van der Waals surface area contributed by atoms with Crippen molar-refractivity contribution >= 4 is 0 Å². The molecule has 0 bridgehead atoms. The number of benzene rings is 2. The average Bonchev–Trinajstić information content (AvgIpc) is 2.46. The van der Waals surface area contributed by atoms with E-state index in [0.717, 1.165) is 11.3 Å². The van der Waals surface area contributed by atoms with Crippen molar-refractivity contribution < 1.29 is 25.2 Å². The normalized spacial score (nSPS) is 9.71. The van der Waals surface area contributed by atoms with Gasteiger partial charge in [-0.25, -0.2) is 0 Å². The number of methoxy groups -OCH3 is 1. The molecule has 2 aromatic carbocycles. The van der Waals surface area contributed by atoms with Crippen molar-refractivity contribution in [3.05, 3.63) is 41.0 Å². The standard InChI is InChI=1S/C8H10O3.C8H10O2/c1-4-6(9)3-7(10)5(2)8(4)11;1-6-3-4-7(9)5-8(6)10-2/h3,9-11H,1-2H3;3-5,9H,1-2H3. The van der Waals surface area contributed by atoms with Crippen LogP contribution >= 0.6 is 0 Å². The number of phenolic OH excluding ortho intramolecular Hbond substituents is 4. The summed E-state index contributed by atoms with van der Waals surface area (Å²) in [5.74, 6) is 0.723. The van der Waals surface area contributed by atoms with Crippen molar-refractivity contribution in [2.24, 2.45) is 0 Å². The maximum atomic E-state index is 9.25. The van der Waals surface area contributed by atoms with Crippen LogP contribution in [0.25, 0.3) is 0 Å². The van der Waals surface area contributed by atoms with Gasteiger partial charge in [0.25, 0.3) is 0 Å². The van der Waals surface area contributed by atoms with Crippen LogP contribution in [0.3, 0.4) is 0 Å². The van der Waals surface area contributed by atoms with Crippen LogP contribution < -0.4 is 4.74 Å². The summed E-state index contributed by atoms with van der Waals surface area (Å²) in [6, 6.07) is 6.26. The lowest BCUT2D eigenvalue weighted by Gasteiger charge is -2.06. The van der Waals surface area contributed by atoms with E-state index in [-0.39, 0.29) is 23.0 Å². The first-order valence-electron chi connectivity index (χ1n) is 6.32. The van der Waals surface area contributed by atoms with Crippen molar-refractivity contribution in [3.8, 4) is 28.7 Å². The lowest BCUT2D eigenvalue weighted by atomic mass is 10.1. The minimum Gasteiger partial charge on any atom is -0.508 e. The summed E-state index contributed by atoms with van der Waals surface area (Å²) in [7, 11) is 1.59. The Balaban J connectivity index is 0.000000211. The quantitative estimate of drug-likeness (QED) is 0.648. The zero-order valence-corrected chi connectivity index (χ0v) is 12.5. The van der Waals surface area contributed by atoms with Crippen LogP contribution in [0.4, 0.5) is 0 Å². The van der Waals surface area contributed by atoms with Gasteiger partial charge in [0.2, 0.25) is 0 Å². The van der Waals surface area contributed by atoms with Crippen molar-refractivity contribution in [2.45, 2.75) is 20.8 Å². The van der Waals surface area contributed by atoms with Crippen LogP contribution in [0, 0.1) is 20.8 Å². The molecule has 5 nitrogen and oxygen atoms in total. The van der Waals surface area contributed by atoms with E-state index in [2.05, 4.69) is 0 Å². The summed E-state index contributed by atoms with van der Waals surface area (Å²) in [5, 5.41) is 36.4. The molecule has 0 aliphatic carbocycles. The van der Waals surface area contributed by atoms with Crippen molar-refractivity contribution in [1.82, 2.24) is 0 Å². The van der Waals surface area contributed by atoms with Crippen LogP contribution in [0.2, 0.25) is 0 Å². The molecule has 0 aliphatic rings. The van der Waals surface area contributed by atoms with E-state index < -0.39 is 0 Å². The number of phenols is 4. The highest BCUT2D eigenvalue weighted by Gasteiger charge is 2.09. The summed E-state index contributed by atoms with van der Waals surface area (Å²) in [6.07, 6.45) is 0. The van der Waals surface area contributed by atoms with Gasteiger partial charge in [-0.15, -0.1) is 0 Å². The first kappa shape index (κ1) is 16.5. The van der Waals surface area contributed by atoms with Gasteiger partial charge in [-0.05, 0) is 32.4 Å². The number of rotatable bonds is 1. The van der Waals surface area contributed by atoms with Gasteiger partial charge >= 0.3 is 0 Å². The van der Waals surface area contributed by atoms with E-state index in [1.165, 1.54) is 6.07 Å². The largest absolute Gasteiger partial charge is 0.508 e. The number of hydrogen-bond acceptors (Lipinski definition) is 5. The molecule has 0 aliphatic heterocycles. The molecule has 114 valence electrons. The fourth-order valence-electron chi connectivity index (χ4n) is 1.68. The Morgan fingerprint density at radius 3 is 1.76 bits per heavy atom. The highest BCUT2D eigenvalue weighted by molar-refractivity contribution is 5.53. The van der Waals surface area contributed by atoms with Gasteiger partial charge in [-0.2, -0.15) is 0 Å². The minimum absolute atomic E-state index is 0.0532. The molecule has 0 saturated carbocycles. The van der Waals surface area contributed by atoms with Gasteiger partial charge < -0.3 is 25.2 Å². The van der Waals surface area contributed by atoms with E-state index in [9.17, 15) is 5.11 Å².